The van der Waals surface area contributed by atoms with E-state index < -0.39 is 0 Å². The second-order valence-corrected chi connectivity index (χ2v) is 9.42. The van der Waals surface area contributed by atoms with Crippen LogP contribution < -0.4 is 10.2 Å². The van der Waals surface area contributed by atoms with Crippen LogP contribution in [-0.4, -0.2) is 52.4 Å². The van der Waals surface area contributed by atoms with Gasteiger partial charge in [0.25, 0.3) is 0 Å². The van der Waals surface area contributed by atoms with Crippen LogP contribution in [0.5, 0.6) is 0 Å². The summed E-state index contributed by atoms with van der Waals surface area (Å²) >= 11 is 0. The second-order valence-electron chi connectivity index (χ2n) is 9.42. The molecule has 1 N–H and O–H groups in total. The molecule has 184 valence electrons. The average molecular weight is 485 g/mol. The van der Waals surface area contributed by atoms with Crippen molar-refractivity contribution in [2.75, 3.05) is 23.3 Å². The van der Waals surface area contributed by atoms with Crippen LogP contribution in [0.15, 0.2) is 53.8 Å². The van der Waals surface area contributed by atoms with Crippen molar-refractivity contribution in [1.82, 2.24) is 39.3 Å². The highest BCUT2D eigenvalue weighted by atomic mass is 16.5. The number of anilines is 3. The standard InChI is InChI=1S/C25H28N10O/c1-16(2)23-31-25(36-32-23)33-11-8-18(9-12-33)21-13-27-24-20(5-4-10-34(21)24)30-19-6-7-22(29-17(19)3)35-15-26-14-28-35/h4-7,10,13-16,18,30H,8-9,11-12H2,1-3H3. The molecule has 0 radical (unpaired) electrons. The van der Waals surface area contributed by atoms with E-state index >= 15 is 0 Å². The predicted octanol–water partition coefficient (Wildman–Crippen LogP) is 4.25. The summed E-state index contributed by atoms with van der Waals surface area (Å²) in [5.74, 6) is 2.15. The molecule has 0 aliphatic carbocycles. The molecule has 1 fully saturated rings. The van der Waals surface area contributed by atoms with Gasteiger partial charge >= 0.3 is 6.01 Å². The number of hydrogen-bond acceptors (Lipinski definition) is 9. The molecule has 11 nitrogen and oxygen atoms in total. The van der Waals surface area contributed by atoms with Crippen molar-refractivity contribution < 1.29 is 4.52 Å². The number of imidazole rings is 1. The van der Waals surface area contributed by atoms with Crippen molar-refractivity contribution in [1.29, 1.82) is 0 Å². The lowest BCUT2D eigenvalue weighted by Crippen LogP contribution is -2.33. The van der Waals surface area contributed by atoms with E-state index in [2.05, 4.69) is 59.9 Å². The van der Waals surface area contributed by atoms with Gasteiger partial charge in [-0.15, -0.1) is 0 Å². The summed E-state index contributed by atoms with van der Waals surface area (Å²) in [7, 11) is 0. The molecule has 1 aliphatic heterocycles. The summed E-state index contributed by atoms with van der Waals surface area (Å²) in [5, 5.41) is 11.8. The van der Waals surface area contributed by atoms with E-state index in [1.807, 2.05) is 37.4 Å². The summed E-state index contributed by atoms with van der Waals surface area (Å²) in [5.41, 5.74) is 4.84. The lowest BCUT2D eigenvalue weighted by Gasteiger charge is -2.30. The molecular formula is C25H28N10O. The Morgan fingerprint density at radius 2 is 1.94 bits per heavy atom. The van der Waals surface area contributed by atoms with Gasteiger partial charge in [0.15, 0.2) is 17.3 Å². The van der Waals surface area contributed by atoms with Crippen LogP contribution >= 0.6 is 0 Å². The van der Waals surface area contributed by atoms with Gasteiger partial charge < -0.3 is 19.1 Å². The third-order valence-corrected chi connectivity index (χ3v) is 6.69. The van der Waals surface area contributed by atoms with Gasteiger partial charge in [-0.1, -0.05) is 19.0 Å². The molecule has 0 bridgehead atoms. The molecular weight excluding hydrogens is 456 g/mol. The third kappa shape index (κ3) is 4.06. The van der Waals surface area contributed by atoms with Gasteiger partial charge in [-0.3, -0.25) is 0 Å². The zero-order valence-electron chi connectivity index (χ0n) is 20.5. The molecule has 1 aliphatic rings. The Hall–Kier alpha value is -4.28. The summed E-state index contributed by atoms with van der Waals surface area (Å²) < 4.78 is 9.34. The number of piperidine rings is 1. The Morgan fingerprint density at radius 1 is 1.08 bits per heavy atom. The lowest BCUT2D eigenvalue weighted by molar-refractivity contribution is 0.386. The molecule has 0 aromatic carbocycles. The van der Waals surface area contributed by atoms with Crippen LogP contribution in [0.2, 0.25) is 0 Å². The fourth-order valence-electron chi connectivity index (χ4n) is 4.66. The van der Waals surface area contributed by atoms with Crippen molar-refractivity contribution in [2.45, 2.75) is 45.4 Å². The Kier molecular flexibility index (Phi) is 5.59. The highest BCUT2D eigenvalue weighted by Gasteiger charge is 2.26. The normalized spacial score (nSPS) is 14.7. The van der Waals surface area contributed by atoms with Crippen molar-refractivity contribution >= 4 is 23.0 Å². The summed E-state index contributed by atoms with van der Waals surface area (Å²) in [6.07, 6.45) is 9.22. The van der Waals surface area contributed by atoms with Crippen molar-refractivity contribution in [2.24, 2.45) is 0 Å². The SMILES string of the molecule is Cc1nc(-n2cncn2)ccc1Nc1cccn2c(C3CCN(c4nc(C(C)C)no4)CC3)cnc12. The minimum absolute atomic E-state index is 0.257. The van der Waals surface area contributed by atoms with E-state index in [0.29, 0.717) is 11.9 Å². The van der Waals surface area contributed by atoms with Gasteiger partial charge in [0.05, 0.1) is 17.1 Å². The van der Waals surface area contributed by atoms with Crippen LogP contribution in [0, 0.1) is 6.92 Å². The molecule has 0 saturated carbocycles. The number of nitrogens with zero attached hydrogens (tertiary/aromatic N) is 9. The van der Waals surface area contributed by atoms with E-state index in [-0.39, 0.29) is 5.92 Å². The third-order valence-electron chi connectivity index (χ3n) is 6.69. The van der Waals surface area contributed by atoms with Crippen LogP contribution in [0.25, 0.3) is 11.5 Å². The number of pyridine rings is 2. The zero-order valence-corrected chi connectivity index (χ0v) is 20.5. The van der Waals surface area contributed by atoms with E-state index in [0.717, 1.165) is 60.3 Å². The Balaban J connectivity index is 1.19. The fraction of sp³-hybridized carbons (Fsp3) is 0.360. The van der Waals surface area contributed by atoms with Crippen LogP contribution in [0.1, 0.15) is 55.7 Å². The first-order chi connectivity index (χ1) is 17.6. The van der Waals surface area contributed by atoms with Gasteiger partial charge in [0, 0.05) is 43.0 Å². The van der Waals surface area contributed by atoms with Gasteiger partial charge in [0.2, 0.25) is 0 Å². The number of rotatable bonds is 6. The topological polar surface area (TPSA) is 115 Å². The lowest BCUT2D eigenvalue weighted by atomic mass is 9.94. The number of aryl methyl sites for hydroxylation is 1. The maximum Gasteiger partial charge on any atom is 0.324 e. The molecule has 5 aromatic rings. The summed E-state index contributed by atoms with van der Waals surface area (Å²) in [4.78, 5) is 20.2. The average Bonchev–Trinajstić information content (AvgIpc) is 3.66. The molecule has 6 heterocycles. The maximum absolute atomic E-state index is 5.50. The first-order valence-corrected chi connectivity index (χ1v) is 12.2. The molecule has 0 spiro atoms. The molecule has 0 unspecified atom stereocenters. The minimum Gasteiger partial charge on any atom is -0.351 e. The van der Waals surface area contributed by atoms with Gasteiger partial charge in [0.1, 0.15) is 12.7 Å². The second kappa shape index (κ2) is 9.06. The Labute approximate surface area is 208 Å². The molecule has 11 heteroatoms. The number of aromatic nitrogens is 8. The quantitative estimate of drug-likeness (QED) is 0.377. The zero-order chi connectivity index (χ0) is 24.6. The number of nitrogens with one attached hydrogen (secondary N) is 1. The molecule has 5 aromatic heterocycles. The monoisotopic (exact) mass is 484 g/mol. The summed E-state index contributed by atoms with van der Waals surface area (Å²) in [6, 6.07) is 8.64. The van der Waals surface area contributed by atoms with E-state index in [9.17, 15) is 0 Å². The highest BCUT2D eigenvalue weighted by Crippen LogP contribution is 2.32. The van der Waals surface area contributed by atoms with Crippen molar-refractivity contribution in [3.05, 3.63) is 66.5 Å². The van der Waals surface area contributed by atoms with Gasteiger partial charge in [-0.05, 0) is 44.0 Å². The van der Waals surface area contributed by atoms with Crippen molar-refractivity contribution in [3.63, 3.8) is 0 Å². The molecule has 0 amide bonds. The van der Waals surface area contributed by atoms with Gasteiger partial charge in [-0.25, -0.2) is 19.6 Å². The maximum atomic E-state index is 5.50. The Morgan fingerprint density at radius 3 is 2.67 bits per heavy atom. The fourth-order valence-corrected chi connectivity index (χ4v) is 4.66. The van der Waals surface area contributed by atoms with Crippen molar-refractivity contribution in [3.8, 4) is 5.82 Å². The van der Waals surface area contributed by atoms with E-state index in [1.165, 1.54) is 12.0 Å². The first kappa shape index (κ1) is 22.2. The Bertz CT molecular complexity index is 1480. The highest BCUT2D eigenvalue weighted by molar-refractivity contribution is 5.75. The van der Waals surface area contributed by atoms with Crippen LogP contribution in [0.4, 0.5) is 17.4 Å². The van der Waals surface area contributed by atoms with Gasteiger partial charge in [-0.2, -0.15) is 10.1 Å². The predicted molar refractivity (Wildman–Crippen MR) is 135 cm³/mol. The van der Waals surface area contributed by atoms with Crippen LogP contribution in [-0.2, 0) is 0 Å². The van der Waals surface area contributed by atoms with E-state index in [1.54, 1.807) is 11.0 Å². The van der Waals surface area contributed by atoms with Crippen LogP contribution in [0.3, 0.4) is 0 Å². The minimum atomic E-state index is 0.257. The van der Waals surface area contributed by atoms with E-state index in [4.69, 9.17) is 9.51 Å². The molecule has 36 heavy (non-hydrogen) atoms. The first-order valence-electron chi connectivity index (χ1n) is 12.2. The molecule has 1 saturated heterocycles. The number of hydrogen-bond donors (Lipinski definition) is 1. The largest absolute Gasteiger partial charge is 0.351 e. The molecule has 6 rings (SSSR count). The smallest absolute Gasteiger partial charge is 0.324 e. The number of fused-ring (bicyclic) bond motifs is 1. The summed E-state index contributed by atoms with van der Waals surface area (Å²) in [6.45, 7) is 7.86. The molecule has 0 atom stereocenters.